The van der Waals surface area contributed by atoms with Crippen LogP contribution in [-0.4, -0.2) is 77.4 Å². The molecule has 11 nitrogen and oxygen atoms in total. The molecule has 3 N–H and O–H groups in total. The molecule has 3 aliphatic heterocycles. The van der Waals surface area contributed by atoms with Gasteiger partial charge in [0.25, 0.3) is 5.91 Å². The van der Waals surface area contributed by atoms with Crippen LogP contribution in [0.4, 0.5) is 11.4 Å². The first-order valence-corrected chi connectivity index (χ1v) is 20.6. The summed E-state index contributed by atoms with van der Waals surface area (Å²) < 4.78 is 8.72. The van der Waals surface area contributed by atoms with Crippen LogP contribution in [0.5, 0.6) is 0 Å². The van der Waals surface area contributed by atoms with Crippen LogP contribution >= 0.6 is 11.6 Å². The van der Waals surface area contributed by atoms with E-state index in [2.05, 4.69) is 15.6 Å². The average Bonchev–Trinajstić information content (AvgIpc) is 3.75. The molecular weight excluding hydrogens is 672 g/mol. The SMILES string of the molecule is C[C@H]1[C@H]([Si](C)(C)O)[C@@H](CCn2cc(C(CO)c3ccccc3)nn2)O[C@]12C(=O)N(Cc1ccc(N3CCNCC3=O)cc1)c1ccc(Cl)cc12. The minimum atomic E-state index is -2.88. The Morgan fingerprint density at radius 3 is 2.56 bits per heavy atom. The topological polar surface area (TPSA) is 133 Å². The van der Waals surface area contributed by atoms with Gasteiger partial charge in [-0.05, 0) is 61.0 Å². The number of carbonyl (C=O) groups excluding carboxylic acids is 2. The van der Waals surface area contributed by atoms with Crippen molar-refractivity contribution >= 4 is 43.1 Å². The molecule has 4 aromatic rings. The van der Waals surface area contributed by atoms with Gasteiger partial charge in [-0.2, -0.15) is 0 Å². The van der Waals surface area contributed by atoms with Crippen LogP contribution in [0.2, 0.25) is 23.7 Å². The number of piperazine rings is 1. The Balaban J connectivity index is 1.15. The van der Waals surface area contributed by atoms with Gasteiger partial charge in [-0.1, -0.05) is 66.2 Å². The molecule has 1 spiro atoms. The number of fused-ring (bicyclic) bond motifs is 2. The number of ether oxygens (including phenoxy) is 1. The molecule has 1 aromatic heterocycles. The molecule has 3 aliphatic rings. The monoisotopic (exact) mass is 714 g/mol. The second-order valence-corrected chi connectivity index (χ2v) is 18.6. The van der Waals surface area contributed by atoms with Crippen molar-refractivity contribution < 1.29 is 24.2 Å². The van der Waals surface area contributed by atoms with Gasteiger partial charge in [-0.25, -0.2) is 0 Å². The van der Waals surface area contributed by atoms with E-state index in [9.17, 15) is 19.5 Å². The lowest BCUT2D eigenvalue weighted by atomic mass is 9.82. The second kappa shape index (κ2) is 13.7. The van der Waals surface area contributed by atoms with Crippen molar-refractivity contribution in [2.45, 2.75) is 62.7 Å². The number of rotatable bonds is 10. The fraction of sp³-hybridized carbons (Fsp3) is 0.405. The number of amides is 2. The third-order valence-electron chi connectivity index (χ3n) is 10.6. The number of aliphatic hydroxyl groups is 1. The van der Waals surface area contributed by atoms with Crippen LogP contribution in [0.3, 0.4) is 0 Å². The summed E-state index contributed by atoms with van der Waals surface area (Å²) in [6.45, 7) is 8.16. The minimum Gasteiger partial charge on any atom is -0.432 e. The van der Waals surface area contributed by atoms with Gasteiger partial charge >= 0.3 is 0 Å². The van der Waals surface area contributed by atoms with Crippen LogP contribution in [0.25, 0.3) is 0 Å². The highest BCUT2D eigenvalue weighted by molar-refractivity contribution is 6.71. The van der Waals surface area contributed by atoms with Gasteiger partial charge in [0, 0.05) is 53.6 Å². The standard InChI is InChI=1S/C37H43ClN6O5Si/c1-24-35(50(2,3)48)33(15-17-42-22-31(40-41-42)29(23-45)26-7-5-4-6-8-26)49-37(24)30-19-27(38)11-14-32(30)44(36(37)47)21-25-9-12-28(13-10-25)43-18-16-39-20-34(43)46/h4-14,19,22,24,29,33,35,39,45,48H,15-18,20-21,23H2,1-3H3/t24-,29?,33+,35-,37+/m0/s1. The summed E-state index contributed by atoms with van der Waals surface area (Å²) in [6, 6.07) is 23.0. The largest absolute Gasteiger partial charge is 0.432 e. The van der Waals surface area contributed by atoms with Gasteiger partial charge in [-0.3, -0.25) is 14.3 Å². The third kappa shape index (κ3) is 6.18. The summed E-state index contributed by atoms with van der Waals surface area (Å²) in [6.07, 6.45) is 1.92. The van der Waals surface area contributed by atoms with Crippen molar-refractivity contribution in [3.05, 3.63) is 106 Å². The van der Waals surface area contributed by atoms with Crippen LogP contribution in [0.1, 0.15) is 41.6 Å². The number of aliphatic hydroxyl groups excluding tert-OH is 1. The smallest absolute Gasteiger partial charge is 0.264 e. The molecule has 50 heavy (non-hydrogen) atoms. The Kier molecular flexibility index (Phi) is 9.44. The van der Waals surface area contributed by atoms with Crippen molar-refractivity contribution in [3.63, 3.8) is 0 Å². The van der Waals surface area contributed by atoms with Crippen LogP contribution in [-0.2, 0) is 33.0 Å². The predicted octanol–water partition coefficient (Wildman–Crippen LogP) is 4.43. The molecule has 2 amide bonds. The zero-order valence-corrected chi connectivity index (χ0v) is 30.3. The van der Waals surface area contributed by atoms with Crippen LogP contribution in [0.15, 0.2) is 79.0 Å². The van der Waals surface area contributed by atoms with Crippen molar-refractivity contribution in [1.82, 2.24) is 20.3 Å². The Hall–Kier alpha value is -3.91. The molecule has 7 rings (SSSR count). The lowest BCUT2D eigenvalue weighted by molar-refractivity contribution is -0.146. The summed E-state index contributed by atoms with van der Waals surface area (Å²) in [4.78, 5) is 42.5. The summed E-state index contributed by atoms with van der Waals surface area (Å²) in [7, 11) is -2.88. The maximum Gasteiger partial charge on any atom is 0.264 e. The summed E-state index contributed by atoms with van der Waals surface area (Å²) >= 11 is 6.58. The zero-order chi connectivity index (χ0) is 35.2. The van der Waals surface area contributed by atoms with E-state index in [-0.39, 0.29) is 35.8 Å². The number of hydrogen-bond acceptors (Lipinski definition) is 8. The normalized spacial score (nSPS) is 24.3. The molecule has 262 valence electrons. The number of anilines is 2. The van der Waals surface area contributed by atoms with Gasteiger partial charge < -0.3 is 29.8 Å². The van der Waals surface area contributed by atoms with E-state index in [0.717, 1.165) is 29.0 Å². The molecule has 4 heterocycles. The van der Waals surface area contributed by atoms with E-state index in [1.54, 1.807) is 20.5 Å². The number of halogens is 1. The average molecular weight is 715 g/mol. The quantitative estimate of drug-likeness (QED) is 0.206. The number of benzene rings is 3. The number of nitrogens with zero attached hydrogens (tertiary/aromatic N) is 5. The Morgan fingerprint density at radius 1 is 1.10 bits per heavy atom. The first-order chi connectivity index (χ1) is 24.0. The molecule has 0 saturated carbocycles. The summed E-state index contributed by atoms with van der Waals surface area (Å²) in [5.41, 5.74) is 3.24. The first-order valence-electron chi connectivity index (χ1n) is 17.2. The van der Waals surface area contributed by atoms with E-state index in [0.29, 0.717) is 48.9 Å². The van der Waals surface area contributed by atoms with Gasteiger partial charge in [0.15, 0.2) is 13.9 Å². The van der Waals surface area contributed by atoms with Gasteiger partial charge in [0.2, 0.25) is 5.91 Å². The van der Waals surface area contributed by atoms with Crippen molar-refractivity contribution in [3.8, 4) is 0 Å². The maximum absolute atomic E-state index is 14.8. The first kappa shape index (κ1) is 34.5. The van der Waals surface area contributed by atoms with E-state index in [1.165, 1.54) is 0 Å². The summed E-state index contributed by atoms with van der Waals surface area (Å²) in [5, 5.41) is 22.5. The molecule has 2 fully saturated rings. The van der Waals surface area contributed by atoms with Crippen molar-refractivity contribution in [2.24, 2.45) is 5.92 Å². The second-order valence-electron chi connectivity index (χ2n) is 14.1. The van der Waals surface area contributed by atoms with E-state index in [1.807, 2.05) is 92.9 Å². The molecule has 0 bridgehead atoms. The molecule has 5 atom stereocenters. The highest BCUT2D eigenvalue weighted by Gasteiger charge is 2.66. The highest BCUT2D eigenvalue weighted by Crippen LogP contribution is 2.60. The number of aryl methyl sites for hydroxylation is 1. The lowest BCUT2D eigenvalue weighted by Gasteiger charge is -2.32. The van der Waals surface area contributed by atoms with Crippen LogP contribution in [0, 0.1) is 5.92 Å². The fourth-order valence-electron chi connectivity index (χ4n) is 8.22. The lowest BCUT2D eigenvalue weighted by Crippen LogP contribution is -2.48. The van der Waals surface area contributed by atoms with E-state index >= 15 is 0 Å². The molecule has 13 heteroatoms. The third-order valence-corrected chi connectivity index (χ3v) is 13.3. The molecule has 2 saturated heterocycles. The van der Waals surface area contributed by atoms with Gasteiger partial charge in [0.05, 0.1) is 43.1 Å². The molecule has 0 radical (unpaired) electrons. The minimum absolute atomic E-state index is 0.0316. The molecule has 3 aromatic carbocycles. The van der Waals surface area contributed by atoms with Gasteiger partial charge in [-0.15, -0.1) is 5.10 Å². The molecular formula is C37H43ClN6O5Si. The Bertz CT molecular complexity index is 1870. The van der Waals surface area contributed by atoms with E-state index < -0.39 is 20.0 Å². The number of hydrogen-bond donors (Lipinski definition) is 3. The molecule has 1 unspecified atom stereocenters. The van der Waals surface area contributed by atoms with Crippen LogP contribution < -0.4 is 15.1 Å². The Labute approximate surface area is 297 Å². The number of carbonyl (C=O) groups is 2. The fourth-order valence-corrected chi connectivity index (χ4v) is 11.0. The maximum atomic E-state index is 14.8. The number of aromatic nitrogens is 3. The zero-order valence-electron chi connectivity index (χ0n) is 28.5. The summed E-state index contributed by atoms with van der Waals surface area (Å²) in [5.74, 6) is -0.773. The van der Waals surface area contributed by atoms with Crippen molar-refractivity contribution in [2.75, 3.05) is 36.0 Å². The molecule has 0 aliphatic carbocycles. The van der Waals surface area contributed by atoms with E-state index in [4.69, 9.17) is 16.3 Å². The highest BCUT2D eigenvalue weighted by atomic mass is 35.5. The van der Waals surface area contributed by atoms with Crippen molar-refractivity contribution in [1.29, 1.82) is 0 Å². The predicted molar refractivity (Wildman–Crippen MR) is 193 cm³/mol. The number of nitrogens with one attached hydrogen (secondary N) is 1. The Morgan fingerprint density at radius 2 is 1.86 bits per heavy atom. The van der Waals surface area contributed by atoms with Gasteiger partial charge in [0.1, 0.15) is 0 Å².